The molecular formula is C11H19N3O. The predicted molar refractivity (Wildman–Crippen MR) is 60.7 cm³/mol. The monoisotopic (exact) mass is 209 g/mol. The molecule has 0 atom stereocenters. The minimum atomic E-state index is 0.766. The number of hydrogen-bond acceptors (Lipinski definition) is 4. The molecule has 0 spiro atoms. The molecular weight excluding hydrogens is 190 g/mol. The quantitative estimate of drug-likeness (QED) is 0.609. The third-order valence-corrected chi connectivity index (χ3v) is 2.01. The molecule has 0 saturated heterocycles. The van der Waals surface area contributed by atoms with Gasteiger partial charge in [-0.05, 0) is 11.6 Å². The van der Waals surface area contributed by atoms with E-state index in [-0.39, 0.29) is 0 Å². The lowest BCUT2D eigenvalue weighted by molar-refractivity contribution is 0.199. The van der Waals surface area contributed by atoms with E-state index in [0.29, 0.717) is 0 Å². The normalized spacial score (nSPS) is 10.5. The lowest BCUT2D eigenvalue weighted by Gasteiger charge is -2.05. The highest BCUT2D eigenvalue weighted by Crippen LogP contribution is 1.93. The standard InChI is InChI=1S/C11H19N3O/c1-15-8-7-12-5-6-14-10-11-3-2-4-13-9-11/h2-4,9,12,14H,5-8,10H2,1H3. The van der Waals surface area contributed by atoms with Crippen LogP contribution in [0.1, 0.15) is 5.56 Å². The van der Waals surface area contributed by atoms with Gasteiger partial charge in [-0.2, -0.15) is 0 Å². The summed E-state index contributed by atoms with van der Waals surface area (Å²) < 4.78 is 4.93. The molecule has 0 saturated carbocycles. The summed E-state index contributed by atoms with van der Waals surface area (Å²) in [6, 6.07) is 4.02. The molecule has 0 fully saturated rings. The summed E-state index contributed by atoms with van der Waals surface area (Å²) in [4.78, 5) is 4.05. The number of nitrogens with zero attached hydrogens (tertiary/aromatic N) is 1. The minimum absolute atomic E-state index is 0.766. The Morgan fingerprint density at radius 2 is 2.13 bits per heavy atom. The first-order chi connectivity index (χ1) is 7.43. The van der Waals surface area contributed by atoms with Crippen LogP contribution in [0.2, 0.25) is 0 Å². The van der Waals surface area contributed by atoms with Gasteiger partial charge in [0, 0.05) is 45.7 Å². The Labute approximate surface area is 91.1 Å². The molecule has 1 aromatic rings. The third-order valence-electron chi connectivity index (χ3n) is 2.01. The van der Waals surface area contributed by atoms with Crippen LogP contribution in [0.3, 0.4) is 0 Å². The molecule has 0 aliphatic heterocycles. The van der Waals surface area contributed by atoms with Gasteiger partial charge in [0.15, 0.2) is 0 Å². The highest BCUT2D eigenvalue weighted by Gasteiger charge is 1.91. The number of methoxy groups -OCH3 is 1. The van der Waals surface area contributed by atoms with Gasteiger partial charge in [-0.15, -0.1) is 0 Å². The number of pyridine rings is 1. The summed E-state index contributed by atoms with van der Waals surface area (Å²) in [5.41, 5.74) is 1.22. The molecule has 0 aliphatic carbocycles. The van der Waals surface area contributed by atoms with Gasteiger partial charge < -0.3 is 15.4 Å². The number of nitrogens with one attached hydrogen (secondary N) is 2. The average Bonchev–Trinajstić information content (AvgIpc) is 2.29. The van der Waals surface area contributed by atoms with Crippen molar-refractivity contribution in [2.24, 2.45) is 0 Å². The molecule has 2 N–H and O–H groups in total. The van der Waals surface area contributed by atoms with Crippen LogP contribution < -0.4 is 10.6 Å². The van der Waals surface area contributed by atoms with Gasteiger partial charge in [0.25, 0.3) is 0 Å². The average molecular weight is 209 g/mol. The van der Waals surface area contributed by atoms with E-state index >= 15 is 0 Å². The maximum Gasteiger partial charge on any atom is 0.0587 e. The summed E-state index contributed by atoms with van der Waals surface area (Å²) in [6.45, 7) is 4.47. The lowest BCUT2D eigenvalue weighted by Crippen LogP contribution is -2.29. The smallest absolute Gasteiger partial charge is 0.0587 e. The second-order valence-corrected chi connectivity index (χ2v) is 3.28. The molecule has 0 amide bonds. The molecule has 15 heavy (non-hydrogen) atoms. The van der Waals surface area contributed by atoms with Gasteiger partial charge in [-0.3, -0.25) is 4.98 Å². The van der Waals surface area contributed by atoms with Gasteiger partial charge in [-0.25, -0.2) is 0 Å². The van der Waals surface area contributed by atoms with Crippen LogP contribution in [0.5, 0.6) is 0 Å². The summed E-state index contributed by atoms with van der Waals surface area (Å²) in [5.74, 6) is 0. The first-order valence-electron chi connectivity index (χ1n) is 5.23. The summed E-state index contributed by atoms with van der Waals surface area (Å²) in [7, 11) is 1.71. The van der Waals surface area contributed by atoms with Crippen LogP contribution in [0.25, 0.3) is 0 Å². The molecule has 0 aromatic carbocycles. The topological polar surface area (TPSA) is 46.2 Å². The van der Waals surface area contributed by atoms with Crippen LogP contribution in [0.15, 0.2) is 24.5 Å². The van der Waals surface area contributed by atoms with Gasteiger partial charge >= 0.3 is 0 Å². The number of aromatic nitrogens is 1. The van der Waals surface area contributed by atoms with E-state index in [9.17, 15) is 0 Å². The molecule has 0 unspecified atom stereocenters. The van der Waals surface area contributed by atoms with E-state index in [1.807, 2.05) is 12.3 Å². The van der Waals surface area contributed by atoms with Crippen LogP contribution in [0, 0.1) is 0 Å². The Balaban J connectivity index is 1.93. The van der Waals surface area contributed by atoms with Gasteiger partial charge in [-0.1, -0.05) is 6.07 Å². The molecule has 84 valence electrons. The Morgan fingerprint density at radius 1 is 1.27 bits per heavy atom. The molecule has 0 bridgehead atoms. The molecule has 1 heterocycles. The fourth-order valence-electron chi connectivity index (χ4n) is 1.21. The fourth-order valence-corrected chi connectivity index (χ4v) is 1.21. The molecule has 4 nitrogen and oxygen atoms in total. The van der Waals surface area contributed by atoms with Crippen molar-refractivity contribution in [1.29, 1.82) is 0 Å². The molecule has 4 heteroatoms. The highest BCUT2D eigenvalue weighted by molar-refractivity contribution is 5.07. The van der Waals surface area contributed by atoms with Crippen molar-refractivity contribution in [3.8, 4) is 0 Å². The van der Waals surface area contributed by atoms with Gasteiger partial charge in [0.05, 0.1) is 6.61 Å². The van der Waals surface area contributed by atoms with E-state index in [1.54, 1.807) is 13.3 Å². The zero-order valence-electron chi connectivity index (χ0n) is 9.20. The first-order valence-corrected chi connectivity index (χ1v) is 5.23. The minimum Gasteiger partial charge on any atom is -0.383 e. The maximum atomic E-state index is 4.93. The Bertz CT molecular complexity index is 241. The molecule has 0 aliphatic rings. The summed E-state index contributed by atoms with van der Waals surface area (Å²) in [6.07, 6.45) is 3.67. The number of ether oxygens (including phenoxy) is 1. The van der Waals surface area contributed by atoms with Crippen LogP contribution in [-0.2, 0) is 11.3 Å². The second-order valence-electron chi connectivity index (χ2n) is 3.28. The number of rotatable bonds is 8. The predicted octanol–water partition coefficient (Wildman–Crippen LogP) is 0.407. The van der Waals surface area contributed by atoms with Crippen molar-refractivity contribution >= 4 is 0 Å². The van der Waals surface area contributed by atoms with E-state index in [0.717, 1.165) is 32.8 Å². The van der Waals surface area contributed by atoms with Crippen LogP contribution >= 0.6 is 0 Å². The van der Waals surface area contributed by atoms with Crippen molar-refractivity contribution in [3.05, 3.63) is 30.1 Å². The van der Waals surface area contributed by atoms with Gasteiger partial charge in [0.1, 0.15) is 0 Å². The van der Waals surface area contributed by atoms with Crippen molar-refractivity contribution in [2.75, 3.05) is 33.4 Å². The third kappa shape index (κ3) is 6.17. The maximum absolute atomic E-state index is 4.93. The highest BCUT2D eigenvalue weighted by atomic mass is 16.5. The van der Waals surface area contributed by atoms with E-state index < -0.39 is 0 Å². The second kappa shape index (κ2) is 8.35. The molecule has 0 radical (unpaired) electrons. The van der Waals surface area contributed by atoms with Crippen molar-refractivity contribution in [2.45, 2.75) is 6.54 Å². The van der Waals surface area contributed by atoms with Gasteiger partial charge in [0.2, 0.25) is 0 Å². The largest absolute Gasteiger partial charge is 0.383 e. The zero-order valence-corrected chi connectivity index (χ0v) is 9.20. The zero-order chi connectivity index (χ0) is 10.8. The van der Waals surface area contributed by atoms with E-state index in [2.05, 4.69) is 21.7 Å². The van der Waals surface area contributed by atoms with E-state index in [4.69, 9.17) is 4.74 Å². The van der Waals surface area contributed by atoms with Crippen molar-refractivity contribution in [1.82, 2.24) is 15.6 Å². The Hall–Kier alpha value is -0.970. The number of hydrogen-bond donors (Lipinski definition) is 2. The Kier molecular flexibility index (Phi) is 6.73. The van der Waals surface area contributed by atoms with E-state index in [1.165, 1.54) is 5.56 Å². The Morgan fingerprint density at radius 3 is 2.87 bits per heavy atom. The molecule has 1 aromatic heterocycles. The molecule has 1 rings (SSSR count). The first kappa shape index (κ1) is 12.1. The van der Waals surface area contributed by atoms with Crippen molar-refractivity contribution in [3.63, 3.8) is 0 Å². The summed E-state index contributed by atoms with van der Waals surface area (Å²) >= 11 is 0. The van der Waals surface area contributed by atoms with Crippen LogP contribution in [-0.4, -0.2) is 38.3 Å². The van der Waals surface area contributed by atoms with Crippen LogP contribution in [0.4, 0.5) is 0 Å². The lowest BCUT2D eigenvalue weighted by atomic mass is 10.3. The SMILES string of the molecule is COCCNCCNCc1cccnc1. The summed E-state index contributed by atoms with van der Waals surface area (Å²) in [5, 5.41) is 6.60. The fraction of sp³-hybridized carbons (Fsp3) is 0.545. The van der Waals surface area contributed by atoms with Crippen molar-refractivity contribution < 1.29 is 4.74 Å².